The van der Waals surface area contributed by atoms with Crippen LogP contribution in [0.3, 0.4) is 0 Å². The molecule has 0 aliphatic carbocycles. The topological polar surface area (TPSA) is 78.6 Å². The first-order chi connectivity index (χ1) is 14.9. The lowest BCUT2D eigenvalue weighted by atomic mass is 10.0. The first kappa shape index (κ1) is 22.1. The van der Waals surface area contributed by atoms with Crippen LogP contribution in [-0.2, 0) is 16.6 Å². The van der Waals surface area contributed by atoms with Gasteiger partial charge in [-0.25, -0.2) is 0 Å². The Hall–Kier alpha value is -2.15. The average Bonchev–Trinajstić information content (AvgIpc) is 3.37. The Balaban J connectivity index is 1.76. The lowest BCUT2D eigenvalue weighted by molar-refractivity contribution is -0.123. The van der Waals surface area contributed by atoms with Crippen LogP contribution in [0.25, 0.3) is 6.08 Å². The summed E-state index contributed by atoms with van der Waals surface area (Å²) < 4.78 is 7.75. The highest BCUT2D eigenvalue weighted by Crippen LogP contribution is 2.36. The number of hydrogen-bond donors (Lipinski definition) is 0. The van der Waals surface area contributed by atoms with E-state index < -0.39 is 0 Å². The first-order valence-electron chi connectivity index (χ1n) is 10.7. The number of rotatable bonds is 4. The average molecular weight is 459 g/mol. The van der Waals surface area contributed by atoms with Gasteiger partial charge in [-0.15, -0.1) is 0 Å². The minimum absolute atomic E-state index is 0.0234. The van der Waals surface area contributed by atoms with Crippen molar-refractivity contribution < 1.29 is 9.53 Å². The molecule has 0 aromatic carbocycles. The minimum atomic E-state index is -0.302. The molecule has 0 N–H and O–H groups in total. The number of pyridine rings is 1. The molecule has 3 fully saturated rings. The molecule has 0 bridgehead atoms. The number of thiocarbonyl (C=S) groups is 1. The molecule has 4 rings (SSSR count). The van der Waals surface area contributed by atoms with Crippen LogP contribution in [0.5, 0.6) is 0 Å². The van der Waals surface area contributed by atoms with Crippen molar-refractivity contribution in [2.24, 2.45) is 7.05 Å². The monoisotopic (exact) mass is 458 g/mol. The number of ether oxygens (including phenoxy) is 1. The van der Waals surface area contributed by atoms with Gasteiger partial charge >= 0.3 is 0 Å². The number of anilines is 1. The standard InChI is InChI=1S/C22H26N4O3S2/c1-14-16(11-18-21(28)26(22(30)31-18)13-15-7-6-10-29-15)19(25-8-4-3-5-9-25)24(2)20(27)17(14)12-23/h11,15H,3-10,13H2,1-2H3/b18-11-. The van der Waals surface area contributed by atoms with Gasteiger partial charge in [-0.2, -0.15) is 5.26 Å². The number of hydrogen-bond acceptors (Lipinski definition) is 7. The number of carbonyl (C=O) groups is 1. The molecular weight excluding hydrogens is 432 g/mol. The number of piperidine rings is 1. The fourth-order valence-corrected chi connectivity index (χ4v) is 5.74. The summed E-state index contributed by atoms with van der Waals surface area (Å²) in [6, 6.07) is 2.05. The zero-order valence-electron chi connectivity index (χ0n) is 17.8. The molecule has 9 heteroatoms. The Bertz CT molecular complexity index is 1040. The molecule has 3 aliphatic heterocycles. The van der Waals surface area contributed by atoms with E-state index in [1.807, 2.05) is 6.08 Å². The molecule has 1 unspecified atom stereocenters. The SMILES string of the molecule is Cc1c(/C=C2\SC(=S)N(CC3CCCO3)C2=O)c(N2CCCCC2)n(C)c(=O)c1C#N. The molecular formula is C22H26N4O3S2. The molecule has 0 saturated carbocycles. The van der Waals surface area contributed by atoms with E-state index in [4.69, 9.17) is 17.0 Å². The van der Waals surface area contributed by atoms with E-state index in [2.05, 4.69) is 11.0 Å². The molecule has 0 radical (unpaired) electrons. The molecule has 0 spiro atoms. The van der Waals surface area contributed by atoms with Crippen molar-refractivity contribution in [3.05, 3.63) is 31.9 Å². The van der Waals surface area contributed by atoms with Gasteiger partial charge < -0.3 is 9.64 Å². The summed E-state index contributed by atoms with van der Waals surface area (Å²) in [5.74, 6) is 0.632. The van der Waals surface area contributed by atoms with E-state index in [1.165, 1.54) is 11.8 Å². The van der Waals surface area contributed by atoms with E-state index in [0.29, 0.717) is 21.3 Å². The second-order valence-corrected chi connectivity index (χ2v) is 9.86. The molecule has 1 aromatic rings. The molecule has 1 atom stereocenters. The summed E-state index contributed by atoms with van der Waals surface area (Å²) in [6.45, 7) is 4.67. The molecule has 7 nitrogen and oxygen atoms in total. The van der Waals surface area contributed by atoms with Gasteiger partial charge in [0.15, 0.2) is 0 Å². The molecule has 4 heterocycles. The van der Waals surface area contributed by atoms with Crippen LogP contribution in [0.15, 0.2) is 9.70 Å². The van der Waals surface area contributed by atoms with E-state index >= 15 is 0 Å². The molecule has 1 aromatic heterocycles. The van der Waals surface area contributed by atoms with Crippen molar-refractivity contribution in [1.29, 1.82) is 5.26 Å². The third-order valence-electron chi connectivity index (χ3n) is 6.18. The third-order valence-corrected chi connectivity index (χ3v) is 7.56. The van der Waals surface area contributed by atoms with Crippen molar-refractivity contribution in [3.8, 4) is 6.07 Å². The van der Waals surface area contributed by atoms with E-state index in [0.717, 1.165) is 63.2 Å². The van der Waals surface area contributed by atoms with Gasteiger partial charge in [-0.05, 0) is 50.7 Å². The molecule has 3 saturated heterocycles. The van der Waals surface area contributed by atoms with Crippen molar-refractivity contribution >= 4 is 46.1 Å². The van der Waals surface area contributed by atoms with Crippen LogP contribution in [0, 0.1) is 18.3 Å². The minimum Gasteiger partial charge on any atom is -0.376 e. The van der Waals surface area contributed by atoms with Gasteiger partial charge in [-0.1, -0.05) is 24.0 Å². The largest absolute Gasteiger partial charge is 0.376 e. The van der Waals surface area contributed by atoms with Gasteiger partial charge in [0.2, 0.25) is 0 Å². The number of thioether (sulfide) groups is 1. The van der Waals surface area contributed by atoms with Crippen molar-refractivity contribution in [2.75, 3.05) is 31.1 Å². The fraction of sp³-hybridized carbons (Fsp3) is 0.545. The number of nitrogens with zero attached hydrogens (tertiary/aromatic N) is 4. The Labute approximate surface area is 191 Å². The fourth-order valence-electron chi connectivity index (χ4n) is 4.48. The highest BCUT2D eigenvalue weighted by molar-refractivity contribution is 8.26. The molecule has 1 amide bonds. The van der Waals surface area contributed by atoms with E-state index in [1.54, 1.807) is 23.4 Å². The van der Waals surface area contributed by atoms with E-state index in [-0.39, 0.29) is 23.1 Å². The Morgan fingerprint density at radius 1 is 1.26 bits per heavy atom. The molecule has 3 aliphatic rings. The van der Waals surface area contributed by atoms with Gasteiger partial charge in [0.1, 0.15) is 21.8 Å². The summed E-state index contributed by atoms with van der Waals surface area (Å²) in [5, 5.41) is 9.59. The highest BCUT2D eigenvalue weighted by Gasteiger charge is 2.35. The van der Waals surface area contributed by atoms with Gasteiger partial charge in [0.25, 0.3) is 11.5 Å². The van der Waals surface area contributed by atoms with Crippen LogP contribution < -0.4 is 10.5 Å². The number of nitriles is 1. The predicted molar refractivity (Wildman–Crippen MR) is 126 cm³/mol. The van der Waals surface area contributed by atoms with Gasteiger partial charge in [0, 0.05) is 32.3 Å². The van der Waals surface area contributed by atoms with Crippen LogP contribution in [-0.4, -0.2) is 52.0 Å². The second-order valence-electron chi connectivity index (χ2n) is 8.19. The number of amides is 1. The Morgan fingerprint density at radius 2 is 2.00 bits per heavy atom. The molecule has 164 valence electrons. The van der Waals surface area contributed by atoms with Crippen LogP contribution in [0.4, 0.5) is 5.82 Å². The van der Waals surface area contributed by atoms with Crippen LogP contribution in [0.2, 0.25) is 0 Å². The maximum atomic E-state index is 13.2. The molecule has 31 heavy (non-hydrogen) atoms. The van der Waals surface area contributed by atoms with Crippen LogP contribution in [0.1, 0.15) is 48.8 Å². The Morgan fingerprint density at radius 3 is 2.65 bits per heavy atom. The zero-order chi connectivity index (χ0) is 22.1. The summed E-state index contributed by atoms with van der Waals surface area (Å²) >= 11 is 6.76. The normalized spacial score (nSPS) is 23.1. The number of aromatic nitrogens is 1. The first-order valence-corrected chi connectivity index (χ1v) is 11.9. The van der Waals surface area contributed by atoms with Crippen molar-refractivity contribution in [2.45, 2.75) is 45.1 Å². The zero-order valence-corrected chi connectivity index (χ0v) is 19.5. The lowest BCUT2D eigenvalue weighted by Gasteiger charge is -2.32. The van der Waals surface area contributed by atoms with Crippen molar-refractivity contribution in [1.82, 2.24) is 9.47 Å². The maximum Gasteiger partial charge on any atom is 0.270 e. The smallest absolute Gasteiger partial charge is 0.270 e. The summed E-state index contributed by atoms with van der Waals surface area (Å²) in [4.78, 5) is 30.3. The summed E-state index contributed by atoms with van der Waals surface area (Å²) in [6.07, 6.45) is 7.04. The second kappa shape index (κ2) is 9.15. The quantitative estimate of drug-likeness (QED) is 0.507. The summed E-state index contributed by atoms with van der Waals surface area (Å²) in [7, 11) is 1.70. The summed E-state index contributed by atoms with van der Waals surface area (Å²) in [5.41, 5.74) is 1.17. The van der Waals surface area contributed by atoms with Gasteiger partial charge in [0.05, 0.1) is 17.6 Å². The Kier molecular flexibility index (Phi) is 6.51. The lowest BCUT2D eigenvalue weighted by Crippen LogP contribution is -2.36. The van der Waals surface area contributed by atoms with Crippen molar-refractivity contribution in [3.63, 3.8) is 0 Å². The van der Waals surface area contributed by atoms with Gasteiger partial charge in [-0.3, -0.25) is 19.1 Å². The highest BCUT2D eigenvalue weighted by atomic mass is 32.2. The van der Waals surface area contributed by atoms with E-state index in [9.17, 15) is 14.9 Å². The maximum absolute atomic E-state index is 13.2. The predicted octanol–water partition coefficient (Wildman–Crippen LogP) is 2.94. The third kappa shape index (κ3) is 4.16. The number of carbonyl (C=O) groups excluding carboxylic acids is 1. The van der Waals surface area contributed by atoms with Crippen LogP contribution >= 0.6 is 24.0 Å².